The summed E-state index contributed by atoms with van der Waals surface area (Å²) in [6.45, 7) is 1.62. The summed E-state index contributed by atoms with van der Waals surface area (Å²) in [4.78, 5) is 39.6. The molecule has 2 aromatic carbocycles. The van der Waals surface area contributed by atoms with Gasteiger partial charge in [-0.25, -0.2) is 0 Å². The molecule has 3 amide bonds. The molecule has 0 bridgehead atoms. The number of rotatable bonds is 5. The Bertz CT molecular complexity index is 941. The number of anilines is 1. The summed E-state index contributed by atoms with van der Waals surface area (Å²) < 4.78 is 0. The van der Waals surface area contributed by atoms with Crippen LogP contribution in [0.1, 0.15) is 30.9 Å². The molecule has 2 aliphatic rings. The van der Waals surface area contributed by atoms with Crippen molar-refractivity contribution in [1.29, 1.82) is 0 Å². The molecular formula is C24H24N2O3. The van der Waals surface area contributed by atoms with E-state index in [1.165, 1.54) is 0 Å². The third-order valence-electron chi connectivity index (χ3n) is 5.82. The van der Waals surface area contributed by atoms with Crippen LogP contribution in [0, 0.1) is 11.8 Å². The van der Waals surface area contributed by atoms with Gasteiger partial charge in [-0.05, 0) is 43.4 Å². The van der Waals surface area contributed by atoms with E-state index in [0.29, 0.717) is 24.9 Å². The molecule has 0 spiro atoms. The van der Waals surface area contributed by atoms with Crippen molar-refractivity contribution in [2.45, 2.75) is 32.2 Å². The van der Waals surface area contributed by atoms with Gasteiger partial charge in [0.05, 0.1) is 11.8 Å². The third kappa shape index (κ3) is 3.73. The van der Waals surface area contributed by atoms with Gasteiger partial charge in [-0.3, -0.25) is 19.3 Å². The number of hydrogen-bond acceptors (Lipinski definition) is 3. The average Bonchev–Trinajstić information content (AvgIpc) is 3.00. The molecule has 0 aromatic heterocycles. The van der Waals surface area contributed by atoms with E-state index in [-0.39, 0.29) is 29.6 Å². The van der Waals surface area contributed by atoms with Gasteiger partial charge in [0, 0.05) is 5.69 Å². The van der Waals surface area contributed by atoms with Crippen molar-refractivity contribution in [3.63, 3.8) is 0 Å². The number of benzene rings is 2. The minimum Gasteiger partial charge on any atom is -0.324 e. The molecule has 4 rings (SSSR count). The largest absolute Gasteiger partial charge is 0.324 e. The van der Waals surface area contributed by atoms with Crippen LogP contribution in [0.3, 0.4) is 0 Å². The number of nitrogens with zero attached hydrogens (tertiary/aromatic N) is 1. The van der Waals surface area contributed by atoms with Crippen molar-refractivity contribution in [3.05, 3.63) is 77.9 Å². The Morgan fingerprint density at radius 1 is 0.966 bits per heavy atom. The number of para-hydroxylation sites is 1. The van der Waals surface area contributed by atoms with E-state index < -0.39 is 6.04 Å². The van der Waals surface area contributed by atoms with Gasteiger partial charge in [-0.2, -0.15) is 0 Å². The number of nitrogens with one attached hydrogen (secondary N) is 1. The van der Waals surface area contributed by atoms with E-state index >= 15 is 0 Å². The van der Waals surface area contributed by atoms with Gasteiger partial charge in [0.1, 0.15) is 6.04 Å². The summed E-state index contributed by atoms with van der Waals surface area (Å²) in [5, 5.41) is 2.93. The maximum Gasteiger partial charge on any atom is 0.247 e. The van der Waals surface area contributed by atoms with Crippen LogP contribution in [0.5, 0.6) is 0 Å². The standard InChI is InChI=1S/C24H24N2O3/c1-16(26-23(28)19-12-6-7-13-20(19)24(26)29)22(27)25-21-14-8-5-11-18(21)15-17-9-3-2-4-10-17/h2-11,14,16,19-20H,12-13,15H2,1H3,(H,25,27)/t16-,19-,20+/m0/s1. The Kier molecular flexibility index (Phi) is 5.30. The predicted molar refractivity (Wildman–Crippen MR) is 111 cm³/mol. The molecule has 0 saturated carbocycles. The molecule has 5 nitrogen and oxygen atoms in total. The number of fused-ring (bicyclic) bond motifs is 1. The maximum absolute atomic E-state index is 12.9. The number of amides is 3. The molecule has 0 unspecified atom stereocenters. The lowest BCUT2D eigenvalue weighted by atomic mass is 9.85. The molecule has 29 heavy (non-hydrogen) atoms. The number of carbonyl (C=O) groups excluding carboxylic acids is 3. The normalized spacial score (nSPS) is 21.8. The van der Waals surface area contributed by atoms with Crippen LogP contribution in [-0.2, 0) is 20.8 Å². The molecule has 148 valence electrons. The number of carbonyl (C=O) groups is 3. The van der Waals surface area contributed by atoms with Crippen molar-refractivity contribution in [3.8, 4) is 0 Å². The van der Waals surface area contributed by atoms with E-state index in [1.54, 1.807) is 6.92 Å². The molecule has 1 heterocycles. The van der Waals surface area contributed by atoms with Crippen LogP contribution < -0.4 is 5.32 Å². The topological polar surface area (TPSA) is 66.5 Å². The third-order valence-corrected chi connectivity index (χ3v) is 5.82. The van der Waals surface area contributed by atoms with Crippen LogP contribution in [-0.4, -0.2) is 28.7 Å². The lowest BCUT2D eigenvalue weighted by Crippen LogP contribution is -2.46. The highest BCUT2D eigenvalue weighted by molar-refractivity contribution is 6.10. The highest BCUT2D eigenvalue weighted by Crippen LogP contribution is 2.36. The van der Waals surface area contributed by atoms with Crippen LogP contribution in [0.4, 0.5) is 5.69 Å². The fraction of sp³-hybridized carbons (Fsp3) is 0.292. The first-order chi connectivity index (χ1) is 14.1. The molecule has 1 N–H and O–H groups in total. The summed E-state index contributed by atoms with van der Waals surface area (Å²) in [5.41, 5.74) is 2.83. The fourth-order valence-corrected chi connectivity index (χ4v) is 4.17. The van der Waals surface area contributed by atoms with Crippen molar-refractivity contribution in [2.75, 3.05) is 5.32 Å². The number of hydrogen-bond donors (Lipinski definition) is 1. The molecule has 2 aromatic rings. The Balaban J connectivity index is 1.50. The quantitative estimate of drug-likeness (QED) is 0.629. The zero-order chi connectivity index (χ0) is 20.4. The second kappa shape index (κ2) is 8.03. The molecular weight excluding hydrogens is 364 g/mol. The monoisotopic (exact) mass is 388 g/mol. The Morgan fingerprint density at radius 3 is 2.21 bits per heavy atom. The second-order valence-corrected chi connectivity index (χ2v) is 7.69. The molecule has 1 aliphatic carbocycles. The average molecular weight is 388 g/mol. The lowest BCUT2D eigenvalue weighted by molar-refractivity contribution is -0.146. The molecule has 1 aliphatic heterocycles. The van der Waals surface area contributed by atoms with E-state index in [1.807, 2.05) is 66.7 Å². The molecule has 0 radical (unpaired) electrons. The summed E-state index contributed by atoms with van der Waals surface area (Å²) in [6.07, 6.45) is 5.71. The van der Waals surface area contributed by atoms with E-state index in [9.17, 15) is 14.4 Å². The minimum atomic E-state index is -0.842. The van der Waals surface area contributed by atoms with E-state index in [0.717, 1.165) is 16.0 Å². The minimum absolute atomic E-state index is 0.232. The van der Waals surface area contributed by atoms with Gasteiger partial charge in [0.15, 0.2) is 0 Å². The number of allylic oxidation sites excluding steroid dienone is 2. The molecule has 1 saturated heterocycles. The van der Waals surface area contributed by atoms with Gasteiger partial charge < -0.3 is 5.32 Å². The number of likely N-dealkylation sites (tertiary alicyclic amines) is 1. The molecule has 3 atom stereocenters. The predicted octanol–water partition coefficient (Wildman–Crippen LogP) is 3.56. The Morgan fingerprint density at radius 2 is 1.55 bits per heavy atom. The van der Waals surface area contributed by atoms with Gasteiger partial charge in [-0.1, -0.05) is 60.7 Å². The highest BCUT2D eigenvalue weighted by atomic mass is 16.2. The van der Waals surface area contributed by atoms with Crippen molar-refractivity contribution >= 4 is 23.4 Å². The SMILES string of the molecule is C[C@@H](C(=O)Nc1ccccc1Cc1ccccc1)N1C(=O)[C@H]2CC=CC[C@H]2C1=O. The fourth-order valence-electron chi connectivity index (χ4n) is 4.17. The van der Waals surface area contributed by atoms with Gasteiger partial charge in [-0.15, -0.1) is 0 Å². The van der Waals surface area contributed by atoms with Crippen molar-refractivity contribution in [1.82, 2.24) is 4.90 Å². The van der Waals surface area contributed by atoms with Gasteiger partial charge in [0.2, 0.25) is 17.7 Å². The van der Waals surface area contributed by atoms with Gasteiger partial charge >= 0.3 is 0 Å². The first kappa shape index (κ1) is 19.1. The van der Waals surface area contributed by atoms with Crippen LogP contribution in [0.25, 0.3) is 0 Å². The van der Waals surface area contributed by atoms with E-state index in [4.69, 9.17) is 0 Å². The second-order valence-electron chi connectivity index (χ2n) is 7.69. The van der Waals surface area contributed by atoms with Crippen LogP contribution >= 0.6 is 0 Å². The zero-order valence-electron chi connectivity index (χ0n) is 16.4. The summed E-state index contributed by atoms with van der Waals surface area (Å²) in [6, 6.07) is 16.8. The highest BCUT2D eigenvalue weighted by Gasteiger charge is 2.50. The van der Waals surface area contributed by atoms with E-state index in [2.05, 4.69) is 5.32 Å². The van der Waals surface area contributed by atoms with Crippen molar-refractivity contribution in [2.24, 2.45) is 11.8 Å². The first-order valence-electron chi connectivity index (χ1n) is 10.0. The Hall–Kier alpha value is -3.21. The smallest absolute Gasteiger partial charge is 0.247 e. The summed E-state index contributed by atoms with van der Waals surface area (Å²) in [7, 11) is 0. The maximum atomic E-state index is 12.9. The molecule has 5 heteroatoms. The van der Waals surface area contributed by atoms with Gasteiger partial charge in [0.25, 0.3) is 0 Å². The molecule has 1 fully saturated rings. The summed E-state index contributed by atoms with van der Waals surface area (Å²) >= 11 is 0. The summed E-state index contributed by atoms with van der Waals surface area (Å²) in [5.74, 6) is -1.46. The van der Waals surface area contributed by atoms with Crippen molar-refractivity contribution < 1.29 is 14.4 Å². The van der Waals surface area contributed by atoms with Crippen LogP contribution in [0.2, 0.25) is 0 Å². The zero-order valence-corrected chi connectivity index (χ0v) is 16.4. The lowest BCUT2D eigenvalue weighted by Gasteiger charge is -2.23. The van der Waals surface area contributed by atoms with Crippen LogP contribution in [0.15, 0.2) is 66.7 Å². The first-order valence-corrected chi connectivity index (χ1v) is 10.0. The number of imide groups is 1. The Labute approximate surface area is 170 Å².